The van der Waals surface area contributed by atoms with E-state index in [0.29, 0.717) is 6.61 Å². The number of carbonyl (C=O) groups excluding carboxylic acids is 2. The first-order chi connectivity index (χ1) is 14.6. The van der Waals surface area contributed by atoms with E-state index in [-0.39, 0.29) is 16.3 Å². The number of amides is 1. The van der Waals surface area contributed by atoms with Crippen LogP contribution in [0.5, 0.6) is 5.75 Å². The molecule has 1 unspecified atom stereocenters. The number of esters is 1. The molecule has 2 rings (SSSR count). The molecule has 1 atom stereocenters. The number of carbonyl (C=O) groups is 2. The van der Waals surface area contributed by atoms with Gasteiger partial charge in [-0.05, 0) is 38.1 Å². The minimum Gasteiger partial charge on any atom is -0.494 e. The van der Waals surface area contributed by atoms with Crippen molar-refractivity contribution in [2.75, 3.05) is 18.5 Å². The number of ether oxygens (including phenoxy) is 2. The summed E-state index contributed by atoms with van der Waals surface area (Å²) in [6, 6.07) is 10.0. The second-order valence-corrected chi connectivity index (χ2v) is 7.89. The average Bonchev–Trinajstić information content (AvgIpc) is 2.73. The Kier molecular flexibility index (Phi) is 8.05. The number of nitrogens with one attached hydrogen (secondary N) is 2. The Morgan fingerprint density at radius 1 is 1.16 bits per heavy atom. The van der Waals surface area contributed by atoms with Crippen LogP contribution in [0.2, 0.25) is 0 Å². The fraction of sp³-hybridized carbons (Fsp3) is 0.263. The molecule has 2 aromatic carbocycles. The molecule has 0 spiro atoms. The van der Waals surface area contributed by atoms with Crippen molar-refractivity contribution in [1.82, 2.24) is 4.72 Å². The second kappa shape index (κ2) is 10.5. The van der Waals surface area contributed by atoms with Crippen LogP contribution in [0.1, 0.15) is 13.8 Å². The van der Waals surface area contributed by atoms with E-state index >= 15 is 0 Å². The Bertz CT molecular complexity index is 1060. The van der Waals surface area contributed by atoms with Gasteiger partial charge >= 0.3 is 5.97 Å². The van der Waals surface area contributed by atoms with Crippen LogP contribution in [0, 0.1) is 10.1 Å². The highest BCUT2D eigenvalue weighted by molar-refractivity contribution is 7.89. The number of sulfonamides is 1. The third-order valence-electron chi connectivity index (χ3n) is 3.84. The summed E-state index contributed by atoms with van der Waals surface area (Å²) in [7, 11) is -3.95. The van der Waals surface area contributed by atoms with Crippen LogP contribution in [0.15, 0.2) is 53.4 Å². The van der Waals surface area contributed by atoms with Gasteiger partial charge in [0.05, 0.1) is 22.5 Å². The maximum atomic E-state index is 12.2. The standard InChI is InChI=1S/C19H21N3O8S/c1-3-29-14-9-10-16(17(11-14)22(25)26)20-18(23)12-30-19(24)13(2)21-31(27,28)15-7-5-4-6-8-15/h4-11,13,21H,3,12H2,1-2H3,(H,20,23). The van der Waals surface area contributed by atoms with Crippen LogP contribution in [-0.2, 0) is 24.3 Å². The monoisotopic (exact) mass is 451 g/mol. The first-order valence-electron chi connectivity index (χ1n) is 9.09. The third kappa shape index (κ3) is 6.76. The predicted molar refractivity (Wildman–Crippen MR) is 110 cm³/mol. The van der Waals surface area contributed by atoms with Crippen molar-refractivity contribution in [3.63, 3.8) is 0 Å². The highest BCUT2D eigenvalue weighted by atomic mass is 32.2. The molecule has 2 N–H and O–H groups in total. The molecule has 0 aliphatic carbocycles. The van der Waals surface area contributed by atoms with Crippen LogP contribution in [0.4, 0.5) is 11.4 Å². The van der Waals surface area contributed by atoms with Crippen LogP contribution >= 0.6 is 0 Å². The van der Waals surface area contributed by atoms with Crippen LogP contribution in [0.3, 0.4) is 0 Å². The molecule has 0 saturated carbocycles. The summed E-state index contributed by atoms with van der Waals surface area (Å²) in [5.41, 5.74) is -0.498. The van der Waals surface area contributed by atoms with Gasteiger partial charge in [-0.1, -0.05) is 18.2 Å². The molecule has 166 valence electrons. The fourth-order valence-electron chi connectivity index (χ4n) is 2.42. The van der Waals surface area contributed by atoms with Crippen LogP contribution < -0.4 is 14.8 Å². The van der Waals surface area contributed by atoms with E-state index in [9.17, 15) is 28.1 Å². The lowest BCUT2D eigenvalue weighted by Crippen LogP contribution is -2.40. The SMILES string of the molecule is CCOc1ccc(NC(=O)COC(=O)C(C)NS(=O)(=O)c2ccccc2)c([N+](=O)[O-])c1. The second-order valence-electron chi connectivity index (χ2n) is 6.18. The lowest BCUT2D eigenvalue weighted by Gasteiger charge is -2.14. The van der Waals surface area contributed by atoms with Gasteiger partial charge in [0, 0.05) is 0 Å². The van der Waals surface area contributed by atoms with E-state index in [1.165, 1.54) is 43.3 Å². The number of nitro groups is 1. The zero-order valence-electron chi connectivity index (χ0n) is 16.7. The number of benzene rings is 2. The number of hydrogen-bond donors (Lipinski definition) is 2. The first-order valence-corrected chi connectivity index (χ1v) is 10.6. The quantitative estimate of drug-likeness (QED) is 0.315. The van der Waals surface area contributed by atoms with Crippen molar-refractivity contribution >= 4 is 33.3 Å². The van der Waals surface area contributed by atoms with Crippen molar-refractivity contribution < 1.29 is 32.4 Å². The summed E-state index contributed by atoms with van der Waals surface area (Å²) >= 11 is 0. The van der Waals surface area contributed by atoms with Gasteiger partial charge in [0.25, 0.3) is 11.6 Å². The van der Waals surface area contributed by atoms with E-state index < -0.39 is 45.2 Å². The molecule has 11 nitrogen and oxygen atoms in total. The molecular weight excluding hydrogens is 430 g/mol. The highest BCUT2D eigenvalue weighted by Gasteiger charge is 2.24. The molecule has 0 radical (unpaired) electrons. The minimum atomic E-state index is -3.95. The normalized spacial score (nSPS) is 11.9. The van der Waals surface area contributed by atoms with E-state index in [4.69, 9.17) is 9.47 Å². The average molecular weight is 451 g/mol. The summed E-state index contributed by atoms with van der Waals surface area (Å²) < 4.78 is 36.6. The van der Waals surface area contributed by atoms with Gasteiger partial charge < -0.3 is 14.8 Å². The zero-order valence-corrected chi connectivity index (χ0v) is 17.5. The number of nitrogens with zero attached hydrogens (tertiary/aromatic N) is 1. The van der Waals surface area contributed by atoms with E-state index in [1.54, 1.807) is 13.0 Å². The molecule has 1 amide bonds. The Labute approximate surface area is 178 Å². The number of nitro benzene ring substituents is 1. The van der Waals surface area contributed by atoms with Crippen molar-refractivity contribution in [3.8, 4) is 5.75 Å². The third-order valence-corrected chi connectivity index (χ3v) is 5.39. The van der Waals surface area contributed by atoms with Gasteiger partial charge in [-0.3, -0.25) is 19.7 Å². The molecule has 0 bridgehead atoms. The summed E-state index contributed by atoms with van der Waals surface area (Å²) in [5, 5.41) is 13.5. The number of rotatable bonds is 10. The van der Waals surface area contributed by atoms with Crippen molar-refractivity contribution in [2.45, 2.75) is 24.8 Å². The highest BCUT2D eigenvalue weighted by Crippen LogP contribution is 2.29. The van der Waals surface area contributed by atoms with Crippen LogP contribution in [0.25, 0.3) is 0 Å². The summed E-state index contributed by atoms with van der Waals surface area (Å²) in [6.45, 7) is 2.53. The van der Waals surface area contributed by atoms with E-state index in [1.807, 2.05) is 0 Å². The van der Waals surface area contributed by atoms with Gasteiger partial charge in [0.15, 0.2) is 6.61 Å². The molecule has 2 aromatic rings. The lowest BCUT2D eigenvalue weighted by molar-refractivity contribution is -0.384. The van der Waals surface area contributed by atoms with Crippen molar-refractivity contribution in [2.24, 2.45) is 0 Å². The number of anilines is 1. The molecule has 0 saturated heterocycles. The van der Waals surface area contributed by atoms with Gasteiger partial charge in [-0.25, -0.2) is 8.42 Å². The molecule has 12 heteroatoms. The predicted octanol–water partition coefficient (Wildman–Crippen LogP) is 1.84. The Morgan fingerprint density at radius 2 is 1.84 bits per heavy atom. The van der Waals surface area contributed by atoms with Gasteiger partial charge in [-0.2, -0.15) is 4.72 Å². The topological polar surface area (TPSA) is 154 Å². The van der Waals surface area contributed by atoms with Crippen molar-refractivity contribution in [3.05, 3.63) is 58.6 Å². The van der Waals surface area contributed by atoms with Crippen molar-refractivity contribution in [1.29, 1.82) is 0 Å². The maximum Gasteiger partial charge on any atom is 0.324 e. The molecule has 0 heterocycles. The Morgan fingerprint density at radius 3 is 2.45 bits per heavy atom. The lowest BCUT2D eigenvalue weighted by atomic mass is 10.2. The largest absolute Gasteiger partial charge is 0.494 e. The molecule has 0 aromatic heterocycles. The maximum absolute atomic E-state index is 12.2. The Balaban J connectivity index is 1.95. The zero-order chi connectivity index (χ0) is 23.0. The summed E-state index contributed by atoms with van der Waals surface area (Å²) in [5.74, 6) is -1.56. The van der Waals surface area contributed by atoms with Gasteiger partial charge in [-0.15, -0.1) is 0 Å². The first kappa shape index (κ1) is 23.8. The molecule has 0 fully saturated rings. The molecular formula is C19H21N3O8S. The van der Waals surface area contributed by atoms with E-state index in [0.717, 1.165) is 6.07 Å². The fourth-order valence-corrected chi connectivity index (χ4v) is 3.63. The molecule has 0 aliphatic rings. The summed E-state index contributed by atoms with van der Waals surface area (Å²) in [6.07, 6.45) is 0. The van der Waals surface area contributed by atoms with Crippen LogP contribution in [-0.4, -0.2) is 44.5 Å². The van der Waals surface area contributed by atoms with E-state index in [2.05, 4.69) is 10.0 Å². The number of hydrogen-bond acceptors (Lipinski definition) is 8. The minimum absolute atomic E-state index is 0.0322. The van der Waals surface area contributed by atoms with Gasteiger partial charge in [0.1, 0.15) is 17.5 Å². The smallest absolute Gasteiger partial charge is 0.324 e. The Hall–Kier alpha value is -3.51. The molecule has 0 aliphatic heterocycles. The summed E-state index contributed by atoms with van der Waals surface area (Å²) in [4.78, 5) is 34.6. The molecule has 31 heavy (non-hydrogen) atoms. The van der Waals surface area contributed by atoms with Gasteiger partial charge in [0.2, 0.25) is 10.0 Å².